The Kier molecular flexibility index (Phi) is 29.5. The van der Waals surface area contributed by atoms with E-state index < -0.39 is 30.1 Å². The van der Waals surface area contributed by atoms with Crippen LogP contribution in [-0.2, 0) is 23.9 Å². The molecule has 0 radical (unpaired) electrons. The van der Waals surface area contributed by atoms with Gasteiger partial charge in [-0.3, -0.25) is 14.4 Å². The van der Waals surface area contributed by atoms with Crippen molar-refractivity contribution in [1.29, 1.82) is 0 Å². The molecular formula is C39H74N2O7. The quantitative estimate of drug-likeness (QED) is 0.0401. The Morgan fingerprint density at radius 3 is 1.40 bits per heavy atom. The van der Waals surface area contributed by atoms with Crippen molar-refractivity contribution in [2.24, 2.45) is 11.8 Å². The number of carboxylic acid groups (broad SMARTS) is 1. The number of aliphatic hydroxyl groups is 1. The second-order valence-corrected chi connectivity index (χ2v) is 14.8. The van der Waals surface area contributed by atoms with Crippen LogP contribution in [0.3, 0.4) is 0 Å². The molecule has 4 N–H and O–H groups in total. The van der Waals surface area contributed by atoms with Crippen LogP contribution >= 0.6 is 0 Å². The monoisotopic (exact) mass is 683 g/mol. The minimum atomic E-state index is -1.41. The number of carbonyl (C=O) groups excluding carboxylic acids is 3. The fourth-order valence-corrected chi connectivity index (χ4v) is 5.90. The highest BCUT2D eigenvalue weighted by molar-refractivity contribution is 5.84. The average molecular weight is 683 g/mol. The van der Waals surface area contributed by atoms with E-state index in [-0.39, 0.29) is 31.3 Å². The van der Waals surface area contributed by atoms with E-state index in [0.29, 0.717) is 12.8 Å². The summed E-state index contributed by atoms with van der Waals surface area (Å²) in [7, 11) is 0. The molecule has 0 aliphatic heterocycles. The van der Waals surface area contributed by atoms with E-state index in [9.17, 15) is 24.3 Å². The number of aliphatic hydroxyl groups excluding tert-OH is 1. The van der Waals surface area contributed by atoms with Gasteiger partial charge in [0, 0.05) is 19.4 Å². The molecule has 0 aromatic heterocycles. The second-order valence-electron chi connectivity index (χ2n) is 14.8. The predicted octanol–water partition coefficient (Wildman–Crippen LogP) is 8.64. The lowest BCUT2D eigenvalue weighted by Crippen LogP contribution is -2.48. The molecule has 0 heterocycles. The van der Waals surface area contributed by atoms with Crippen LogP contribution in [0.5, 0.6) is 0 Å². The van der Waals surface area contributed by atoms with Crippen molar-refractivity contribution in [3.05, 3.63) is 0 Å². The van der Waals surface area contributed by atoms with E-state index in [4.69, 9.17) is 9.84 Å². The van der Waals surface area contributed by atoms with Crippen LogP contribution < -0.4 is 10.6 Å². The molecule has 282 valence electrons. The van der Waals surface area contributed by atoms with Crippen molar-refractivity contribution in [3.63, 3.8) is 0 Å². The van der Waals surface area contributed by atoms with E-state index in [1.807, 2.05) is 0 Å². The van der Waals surface area contributed by atoms with Crippen LogP contribution in [0.1, 0.15) is 189 Å². The highest BCUT2D eigenvalue weighted by Gasteiger charge is 2.25. The Balaban J connectivity index is 4.48. The van der Waals surface area contributed by atoms with E-state index in [1.165, 1.54) is 96.8 Å². The van der Waals surface area contributed by atoms with Crippen molar-refractivity contribution in [1.82, 2.24) is 10.6 Å². The molecule has 0 aliphatic carbocycles. The predicted molar refractivity (Wildman–Crippen MR) is 195 cm³/mol. The molecule has 0 saturated carbocycles. The topological polar surface area (TPSA) is 142 Å². The maximum Gasteiger partial charge on any atom is 0.328 e. The largest absolute Gasteiger partial charge is 0.480 e. The number of amides is 2. The Bertz CT molecular complexity index is 831. The number of unbranched alkanes of at least 4 members (excludes halogenated alkanes) is 16. The summed E-state index contributed by atoms with van der Waals surface area (Å²) in [5.41, 5.74) is 0. The molecule has 0 bridgehead atoms. The summed E-state index contributed by atoms with van der Waals surface area (Å²) >= 11 is 0. The Hall–Kier alpha value is -2.16. The Morgan fingerprint density at radius 1 is 0.562 bits per heavy atom. The zero-order valence-electron chi connectivity index (χ0n) is 31.5. The normalized spacial score (nSPS) is 13.3. The molecule has 2 unspecified atom stereocenters. The van der Waals surface area contributed by atoms with Crippen molar-refractivity contribution in [3.8, 4) is 0 Å². The molecule has 9 nitrogen and oxygen atoms in total. The van der Waals surface area contributed by atoms with Gasteiger partial charge in [-0.1, -0.05) is 143 Å². The van der Waals surface area contributed by atoms with Gasteiger partial charge in [0.05, 0.1) is 12.5 Å². The molecular weight excluding hydrogens is 608 g/mol. The van der Waals surface area contributed by atoms with E-state index in [2.05, 4.69) is 38.3 Å². The third-order valence-electron chi connectivity index (χ3n) is 8.92. The molecule has 0 aliphatic rings. The van der Waals surface area contributed by atoms with Gasteiger partial charge in [-0.25, -0.2) is 4.79 Å². The van der Waals surface area contributed by atoms with Crippen molar-refractivity contribution in [2.45, 2.75) is 207 Å². The molecule has 48 heavy (non-hydrogen) atoms. The van der Waals surface area contributed by atoms with Gasteiger partial charge < -0.3 is 25.6 Å². The Morgan fingerprint density at radius 2 is 0.979 bits per heavy atom. The third kappa shape index (κ3) is 29.9. The maximum absolute atomic E-state index is 12.7. The van der Waals surface area contributed by atoms with Crippen LogP contribution in [-0.4, -0.2) is 58.8 Å². The van der Waals surface area contributed by atoms with Crippen molar-refractivity contribution in [2.75, 3.05) is 6.54 Å². The second kappa shape index (κ2) is 30.9. The average Bonchev–Trinajstić information content (AvgIpc) is 3.00. The van der Waals surface area contributed by atoms with Gasteiger partial charge in [-0.15, -0.1) is 0 Å². The van der Waals surface area contributed by atoms with Gasteiger partial charge in [-0.05, 0) is 38.0 Å². The van der Waals surface area contributed by atoms with E-state index in [0.717, 1.165) is 50.4 Å². The van der Waals surface area contributed by atoms with Gasteiger partial charge in [0.1, 0.15) is 6.10 Å². The SMILES string of the molecule is CC(C)CCCCCCCCCCCC(=O)OC(CCCCCCCCCCCC(C)C)CC(=O)NCCC(=O)N[C@H](C(=O)O)C(C)O. The molecule has 0 aromatic carbocycles. The number of ether oxygens (including phenoxy) is 1. The summed E-state index contributed by atoms with van der Waals surface area (Å²) in [6, 6.07) is -1.41. The molecule has 0 aromatic rings. The first-order valence-corrected chi connectivity index (χ1v) is 19.6. The summed E-state index contributed by atoms with van der Waals surface area (Å²) < 4.78 is 5.78. The van der Waals surface area contributed by atoms with Crippen molar-refractivity contribution < 1.29 is 34.1 Å². The fraction of sp³-hybridized carbons (Fsp3) is 0.897. The first-order valence-electron chi connectivity index (χ1n) is 19.6. The van der Waals surface area contributed by atoms with Gasteiger partial charge in [0.15, 0.2) is 6.04 Å². The number of rotatable bonds is 33. The minimum Gasteiger partial charge on any atom is -0.480 e. The number of aliphatic carboxylic acids is 1. The molecule has 0 spiro atoms. The third-order valence-corrected chi connectivity index (χ3v) is 8.92. The van der Waals surface area contributed by atoms with Gasteiger partial charge in [0.2, 0.25) is 11.8 Å². The molecule has 0 rings (SSSR count). The zero-order valence-corrected chi connectivity index (χ0v) is 31.5. The van der Waals surface area contributed by atoms with Crippen LogP contribution in [0.4, 0.5) is 0 Å². The lowest BCUT2D eigenvalue weighted by atomic mass is 10.0. The Labute approximate surface area is 293 Å². The molecule has 0 saturated heterocycles. The summed E-state index contributed by atoms with van der Waals surface area (Å²) in [5, 5.41) is 23.6. The number of nitrogens with one attached hydrogen (secondary N) is 2. The smallest absolute Gasteiger partial charge is 0.328 e. The number of hydrogen-bond acceptors (Lipinski definition) is 6. The standard InChI is InChI=1S/C39H74N2O7/c1-31(2)24-20-16-12-8-6-10-14-18-22-26-34(30-36(44)40-29-28-35(43)41-38(33(5)42)39(46)47)48-37(45)27-23-19-15-11-7-9-13-17-21-25-32(3)4/h31-34,38,42H,6-30H2,1-5H3,(H,40,44)(H,41,43)(H,46,47)/t33?,34?,38-/m0/s1. The van der Waals surface area contributed by atoms with Gasteiger partial charge in [-0.2, -0.15) is 0 Å². The zero-order chi connectivity index (χ0) is 36.0. The van der Waals surface area contributed by atoms with E-state index in [1.54, 1.807) is 0 Å². The number of carboxylic acids is 1. The number of carbonyl (C=O) groups is 4. The molecule has 0 fully saturated rings. The number of hydrogen-bond donors (Lipinski definition) is 4. The molecule has 2 amide bonds. The van der Waals surface area contributed by atoms with Crippen LogP contribution in [0, 0.1) is 11.8 Å². The summed E-state index contributed by atoms with van der Waals surface area (Å²) in [5.74, 6) is -0.896. The number of esters is 1. The van der Waals surface area contributed by atoms with E-state index >= 15 is 0 Å². The summed E-state index contributed by atoms with van der Waals surface area (Å²) in [6.07, 6.45) is 23.2. The molecule has 3 atom stereocenters. The van der Waals surface area contributed by atoms with Crippen LogP contribution in [0.2, 0.25) is 0 Å². The van der Waals surface area contributed by atoms with Gasteiger partial charge >= 0.3 is 11.9 Å². The lowest BCUT2D eigenvalue weighted by Gasteiger charge is -2.19. The maximum atomic E-state index is 12.7. The highest BCUT2D eigenvalue weighted by Crippen LogP contribution is 2.17. The first-order chi connectivity index (χ1) is 22.9. The summed E-state index contributed by atoms with van der Waals surface area (Å²) in [6.45, 7) is 10.4. The summed E-state index contributed by atoms with van der Waals surface area (Å²) in [4.78, 5) is 48.6. The minimum absolute atomic E-state index is 0.0207. The van der Waals surface area contributed by atoms with Crippen LogP contribution in [0.25, 0.3) is 0 Å². The first kappa shape index (κ1) is 45.8. The van der Waals surface area contributed by atoms with Crippen LogP contribution in [0.15, 0.2) is 0 Å². The van der Waals surface area contributed by atoms with Crippen molar-refractivity contribution >= 4 is 23.8 Å². The highest BCUT2D eigenvalue weighted by atomic mass is 16.5. The molecule has 9 heteroatoms. The van der Waals surface area contributed by atoms with Gasteiger partial charge in [0.25, 0.3) is 0 Å². The fourth-order valence-electron chi connectivity index (χ4n) is 5.90. The lowest BCUT2D eigenvalue weighted by molar-refractivity contribution is -0.151.